The highest BCUT2D eigenvalue weighted by Crippen LogP contribution is 2.17. The molecule has 1 N–H and O–H groups in total. The molecule has 0 saturated carbocycles. The second-order valence-corrected chi connectivity index (χ2v) is 4.35. The van der Waals surface area contributed by atoms with Gasteiger partial charge in [-0.25, -0.2) is 0 Å². The van der Waals surface area contributed by atoms with Crippen LogP contribution in [-0.2, 0) is 4.79 Å². The highest BCUT2D eigenvalue weighted by atomic mass is 16.5. The van der Waals surface area contributed by atoms with Gasteiger partial charge >= 0.3 is 0 Å². The summed E-state index contributed by atoms with van der Waals surface area (Å²) in [6, 6.07) is 11.1. The van der Waals surface area contributed by atoms with E-state index in [4.69, 9.17) is 9.15 Å². The minimum atomic E-state index is -0.162. The Bertz CT molecular complexity index is 570. The fourth-order valence-electron chi connectivity index (χ4n) is 1.78. The van der Waals surface area contributed by atoms with Gasteiger partial charge in [0, 0.05) is 6.08 Å². The molecule has 1 amide bonds. The van der Waals surface area contributed by atoms with Crippen LogP contribution in [-0.4, -0.2) is 13.0 Å². The van der Waals surface area contributed by atoms with E-state index in [1.807, 2.05) is 31.2 Å². The summed E-state index contributed by atoms with van der Waals surface area (Å²) < 4.78 is 10.2. The molecular formula is C16H17NO3. The highest BCUT2D eigenvalue weighted by molar-refractivity contribution is 5.91. The summed E-state index contributed by atoms with van der Waals surface area (Å²) in [5.41, 5.74) is 1.02. The molecule has 104 valence electrons. The summed E-state index contributed by atoms with van der Waals surface area (Å²) in [6.45, 7) is 1.93. The molecule has 0 aliphatic rings. The maximum absolute atomic E-state index is 11.8. The lowest BCUT2D eigenvalue weighted by Crippen LogP contribution is -2.24. The van der Waals surface area contributed by atoms with Crippen molar-refractivity contribution in [1.82, 2.24) is 5.32 Å². The van der Waals surface area contributed by atoms with Gasteiger partial charge in [0.05, 0.1) is 19.4 Å². The van der Waals surface area contributed by atoms with Crippen LogP contribution >= 0.6 is 0 Å². The standard InChI is InChI=1S/C16H17NO3/c1-12(13-5-7-14(19-2)8-6-13)17-16(18)10-9-15-4-3-11-20-15/h3-12H,1-2H3,(H,17,18)/b10-9+. The van der Waals surface area contributed by atoms with Gasteiger partial charge in [-0.1, -0.05) is 12.1 Å². The normalized spacial score (nSPS) is 12.3. The van der Waals surface area contributed by atoms with Crippen LogP contribution in [0.5, 0.6) is 5.75 Å². The van der Waals surface area contributed by atoms with Gasteiger partial charge in [-0.05, 0) is 42.8 Å². The fraction of sp³-hybridized carbons (Fsp3) is 0.188. The van der Waals surface area contributed by atoms with Gasteiger partial charge in [0.1, 0.15) is 11.5 Å². The molecule has 20 heavy (non-hydrogen) atoms. The number of nitrogens with one attached hydrogen (secondary N) is 1. The van der Waals surface area contributed by atoms with E-state index >= 15 is 0 Å². The van der Waals surface area contributed by atoms with Crippen LogP contribution in [0.1, 0.15) is 24.3 Å². The second-order valence-electron chi connectivity index (χ2n) is 4.35. The minimum absolute atomic E-state index is 0.0744. The first kappa shape index (κ1) is 13.9. The number of ether oxygens (including phenoxy) is 1. The van der Waals surface area contributed by atoms with Crippen LogP contribution in [0.2, 0.25) is 0 Å². The first-order valence-corrected chi connectivity index (χ1v) is 6.35. The molecule has 0 saturated heterocycles. The first-order valence-electron chi connectivity index (χ1n) is 6.35. The van der Waals surface area contributed by atoms with Crippen molar-refractivity contribution in [2.24, 2.45) is 0 Å². The van der Waals surface area contributed by atoms with E-state index in [9.17, 15) is 4.79 Å². The predicted octanol–water partition coefficient (Wildman–Crippen LogP) is 3.18. The van der Waals surface area contributed by atoms with Crippen LogP contribution < -0.4 is 10.1 Å². The molecule has 4 nitrogen and oxygen atoms in total. The molecule has 1 aromatic heterocycles. The SMILES string of the molecule is COc1ccc(C(C)NC(=O)/C=C/c2ccco2)cc1. The van der Waals surface area contributed by atoms with Gasteiger partial charge in [-0.2, -0.15) is 0 Å². The molecule has 0 radical (unpaired) electrons. The number of benzene rings is 1. The smallest absolute Gasteiger partial charge is 0.244 e. The maximum Gasteiger partial charge on any atom is 0.244 e. The van der Waals surface area contributed by atoms with E-state index in [-0.39, 0.29) is 11.9 Å². The Kier molecular flexibility index (Phi) is 4.60. The minimum Gasteiger partial charge on any atom is -0.497 e. The zero-order valence-corrected chi connectivity index (χ0v) is 11.5. The molecule has 4 heteroatoms. The maximum atomic E-state index is 11.8. The molecule has 0 aliphatic heterocycles. The summed E-state index contributed by atoms with van der Waals surface area (Å²) in [5.74, 6) is 1.28. The van der Waals surface area contributed by atoms with E-state index in [2.05, 4.69) is 5.32 Å². The average molecular weight is 271 g/mol. The molecule has 2 rings (SSSR count). The number of furan rings is 1. The van der Waals surface area contributed by atoms with Crippen molar-refractivity contribution in [2.75, 3.05) is 7.11 Å². The summed E-state index contributed by atoms with van der Waals surface area (Å²) in [5, 5.41) is 2.89. The van der Waals surface area contributed by atoms with Crippen molar-refractivity contribution in [2.45, 2.75) is 13.0 Å². The fourth-order valence-corrected chi connectivity index (χ4v) is 1.78. The summed E-state index contributed by atoms with van der Waals surface area (Å²) in [6.07, 6.45) is 4.66. The molecule has 1 atom stereocenters. The lowest BCUT2D eigenvalue weighted by molar-refractivity contribution is -0.117. The van der Waals surface area contributed by atoms with Crippen LogP contribution in [0, 0.1) is 0 Å². The molecular weight excluding hydrogens is 254 g/mol. The van der Waals surface area contributed by atoms with Gasteiger partial charge < -0.3 is 14.5 Å². The Balaban J connectivity index is 1.92. The predicted molar refractivity (Wildman–Crippen MR) is 77.3 cm³/mol. The van der Waals surface area contributed by atoms with Crippen molar-refractivity contribution in [3.05, 3.63) is 60.1 Å². The Hall–Kier alpha value is -2.49. The van der Waals surface area contributed by atoms with Gasteiger partial charge in [0.15, 0.2) is 0 Å². The zero-order chi connectivity index (χ0) is 14.4. The van der Waals surface area contributed by atoms with E-state index in [0.717, 1.165) is 11.3 Å². The van der Waals surface area contributed by atoms with Crippen molar-refractivity contribution in [1.29, 1.82) is 0 Å². The van der Waals surface area contributed by atoms with Crippen molar-refractivity contribution in [3.8, 4) is 5.75 Å². The Morgan fingerprint density at radius 3 is 2.65 bits per heavy atom. The second kappa shape index (κ2) is 6.61. The first-order chi connectivity index (χ1) is 9.69. The summed E-state index contributed by atoms with van der Waals surface area (Å²) >= 11 is 0. The molecule has 1 unspecified atom stereocenters. The number of carbonyl (C=O) groups is 1. The third kappa shape index (κ3) is 3.75. The number of methoxy groups -OCH3 is 1. The van der Waals surface area contributed by atoms with Crippen molar-refractivity contribution in [3.63, 3.8) is 0 Å². The molecule has 0 spiro atoms. The number of hydrogen-bond acceptors (Lipinski definition) is 3. The quantitative estimate of drug-likeness (QED) is 0.850. The van der Waals surface area contributed by atoms with Gasteiger partial charge in [-0.15, -0.1) is 0 Å². The molecule has 0 fully saturated rings. The number of carbonyl (C=O) groups excluding carboxylic acids is 1. The Labute approximate surface area is 118 Å². The average Bonchev–Trinajstić information content (AvgIpc) is 2.98. The van der Waals surface area contributed by atoms with Crippen LogP contribution in [0.15, 0.2) is 53.2 Å². The van der Waals surface area contributed by atoms with Gasteiger partial charge in [0.2, 0.25) is 5.91 Å². The number of amides is 1. The molecule has 0 bridgehead atoms. The molecule has 2 aromatic rings. The highest BCUT2D eigenvalue weighted by Gasteiger charge is 2.07. The largest absolute Gasteiger partial charge is 0.497 e. The Morgan fingerprint density at radius 2 is 2.05 bits per heavy atom. The molecule has 0 aliphatic carbocycles. The van der Waals surface area contributed by atoms with E-state index < -0.39 is 0 Å². The summed E-state index contributed by atoms with van der Waals surface area (Å²) in [7, 11) is 1.62. The van der Waals surface area contributed by atoms with Crippen molar-refractivity contribution >= 4 is 12.0 Å². The van der Waals surface area contributed by atoms with Crippen LogP contribution in [0.4, 0.5) is 0 Å². The molecule has 1 heterocycles. The van der Waals surface area contributed by atoms with E-state index in [1.54, 1.807) is 31.6 Å². The number of hydrogen-bond donors (Lipinski definition) is 1. The zero-order valence-electron chi connectivity index (χ0n) is 11.5. The van der Waals surface area contributed by atoms with E-state index in [1.165, 1.54) is 6.08 Å². The summed E-state index contributed by atoms with van der Waals surface area (Å²) in [4.78, 5) is 11.8. The monoisotopic (exact) mass is 271 g/mol. The lowest BCUT2D eigenvalue weighted by atomic mass is 10.1. The van der Waals surface area contributed by atoms with Crippen molar-refractivity contribution < 1.29 is 13.9 Å². The third-order valence-electron chi connectivity index (χ3n) is 2.92. The topological polar surface area (TPSA) is 51.5 Å². The third-order valence-corrected chi connectivity index (χ3v) is 2.92. The van der Waals surface area contributed by atoms with E-state index in [0.29, 0.717) is 5.76 Å². The van der Waals surface area contributed by atoms with Gasteiger partial charge in [0.25, 0.3) is 0 Å². The van der Waals surface area contributed by atoms with Gasteiger partial charge in [-0.3, -0.25) is 4.79 Å². The number of rotatable bonds is 5. The molecule has 1 aromatic carbocycles. The van der Waals surface area contributed by atoms with Crippen LogP contribution in [0.25, 0.3) is 6.08 Å². The Morgan fingerprint density at radius 1 is 1.30 bits per heavy atom. The van der Waals surface area contributed by atoms with Crippen LogP contribution in [0.3, 0.4) is 0 Å². The lowest BCUT2D eigenvalue weighted by Gasteiger charge is -2.13.